The van der Waals surface area contributed by atoms with Crippen LogP contribution in [0, 0.1) is 5.82 Å². The van der Waals surface area contributed by atoms with E-state index in [4.69, 9.17) is 0 Å². The van der Waals surface area contributed by atoms with Crippen molar-refractivity contribution in [2.45, 2.75) is 6.92 Å². The molecule has 0 aliphatic heterocycles. The van der Waals surface area contributed by atoms with Crippen LogP contribution in [-0.2, 0) is 9.59 Å². The fraction of sp³-hybridized carbons (Fsp3) is 0.200. The Hall–Kier alpha value is -2.63. The summed E-state index contributed by atoms with van der Waals surface area (Å²) in [5.41, 5.74) is 6.20. The molecule has 0 spiro atoms. The van der Waals surface area contributed by atoms with E-state index in [1.165, 1.54) is 24.3 Å². The second-order valence-corrected chi connectivity index (χ2v) is 4.64. The molecule has 0 unspecified atom stereocenters. The molecule has 0 saturated heterocycles. The van der Waals surface area contributed by atoms with Gasteiger partial charge in [-0.25, -0.2) is 4.39 Å². The van der Waals surface area contributed by atoms with Gasteiger partial charge in [0, 0.05) is 20.3 Å². The third kappa shape index (κ3) is 5.90. The predicted octanol–water partition coefficient (Wildman–Crippen LogP) is 1.86. The average molecular weight is 291 g/mol. The molecule has 0 fully saturated rings. The first-order valence-corrected chi connectivity index (χ1v) is 6.26. The topological polar surface area (TPSA) is 61.4 Å². The van der Waals surface area contributed by atoms with Crippen LogP contribution in [0.1, 0.15) is 6.92 Å². The molecule has 6 heteroatoms. The summed E-state index contributed by atoms with van der Waals surface area (Å²) < 4.78 is 13.0. The van der Waals surface area contributed by atoms with Gasteiger partial charge < -0.3 is 4.90 Å². The molecule has 0 bridgehead atoms. The Morgan fingerprint density at radius 3 is 2.62 bits per heavy atom. The van der Waals surface area contributed by atoms with E-state index in [1.807, 2.05) is 0 Å². The highest BCUT2D eigenvalue weighted by molar-refractivity contribution is 5.98. The van der Waals surface area contributed by atoms with E-state index in [1.54, 1.807) is 38.2 Å². The molecule has 1 aromatic rings. The van der Waals surface area contributed by atoms with Gasteiger partial charge in [-0.1, -0.05) is 6.07 Å². The number of anilines is 1. The number of hydrazine groups is 1. The fourth-order valence-corrected chi connectivity index (χ4v) is 1.49. The zero-order chi connectivity index (χ0) is 15.8. The lowest BCUT2D eigenvalue weighted by molar-refractivity contribution is -0.116. The van der Waals surface area contributed by atoms with Gasteiger partial charge in [-0.05, 0) is 36.8 Å². The van der Waals surface area contributed by atoms with Crippen LogP contribution in [-0.4, -0.2) is 31.2 Å². The lowest BCUT2D eigenvalue weighted by Gasteiger charge is -2.12. The van der Waals surface area contributed by atoms with Gasteiger partial charge in [0.25, 0.3) is 5.91 Å². The minimum atomic E-state index is -0.436. The van der Waals surface area contributed by atoms with E-state index in [0.717, 1.165) is 0 Å². The monoisotopic (exact) mass is 291 g/mol. The second-order valence-electron chi connectivity index (χ2n) is 4.64. The van der Waals surface area contributed by atoms with Crippen LogP contribution in [0.4, 0.5) is 10.1 Å². The number of hydrogen-bond donors (Lipinski definition) is 2. The first-order chi connectivity index (χ1) is 9.92. The summed E-state index contributed by atoms with van der Waals surface area (Å²) >= 11 is 0. The number of rotatable bonds is 6. The maximum atomic E-state index is 13.0. The van der Waals surface area contributed by atoms with Crippen LogP contribution in [0.3, 0.4) is 0 Å². The smallest absolute Gasteiger partial charge is 0.271 e. The zero-order valence-electron chi connectivity index (χ0n) is 12.2. The molecular weight excluding hydrogens is 273 g/mol. The Bertz CT molecular complexity index is 580. The molecule has 0 aliphatic rings. The molecular formula is C15H18FN3O2. The van der Waals surface area contributed by atoms with E-state index in [0.29, 0.717) is 23.1 Å². The van der Waals surface area contributed by atoms with E-state index in [2.05, 4.69) is 10.9 Å². The predicted molar refractivity (Wildman–Crippen MR) is 79.8 cm³/mol. The summed E-state index contributed by atoms with van der Waals surface area (Å²) in [6.45, 7) is 1.60. The van der Waals surface area contributed by atoms with Gasteiger partial charge in [0.15, 0.2) is 0 Å². The zero-order valence-corrected chi connectivity index (χ0v) is 12.2. The van der Waals surface area contributed by atoms with Gasteiger partial charge in [-0.15, -0.1) is 0 Å². The maximum Gasteiger partial charge on any atom is 0.271 e. The van der Waals surface area contributed by atoms with Crippen LogP contribution in [0.2, 0.25) is 0 Å². The highest BCUT2D eigenvalue weighted by atomic mass is 19.1. The van der Waals surface area contributed by atoms with Gasteiger partial charge in [0.05, 0.1) is 11.3 Å². The molecule has 1 rings (SSSR count). The number of carbonyl (C=O) groups is 2. The Morgan fingerprint density at radius 1 is 1.33 bits per heavy atom. The summed E-state index contributed by atoms with van der Waals surface area (Å²) in [4.78, 5) is 24.4. The number of benzene rings is 1. The minimum Gasteiger partial charge on any atom is -0.383 e. The maximum absolute atomic E-state index is 13.0. The van der Waals surface area contributed by atoms with Crippen molar-refractivity contribution in [3.05, 3.63) is 53.5 Å². The second kappa shape index (κ2) is 7.84. The number of aldehydes is 1. The molecule has 0 aliphatic carbocycles. The van der Waals surface area contributed by atoms with E-state index in [-0.39, 0.29) is 0 Å². The number of allylic oxidation sites excluding steroid dienone is 1. The lowest BCUT2D eigenvalue weighted by atomic mass is 10.2. The third-order valence-electron chi connectivity index (χ3n) is 2.37. The Morgan fingerprint density at radius 2 is 2.05 bits per heavy atom. The molecule has 0 saturated carbocycles. The summed E-state index contributed by atoms with van der Waals surface area (Å²) in [5, 5.41) is 0. The Kier molecular flexibility index (Phi) is 6.13. The number of amides is 1. The highest BCUT2D eigenvalue weighted by Gasteiger charge is 2.08. The standard InChI is InChI=1S/C15H18FN3O2/c1-11(10-20)7-12(9-19(2)3)15(21)18-17-14-6-4-5-13(16)8-14/h4-10,17H,1-3H3,(H,18,21)/b11-7-,12-9+. The Balaban J connectivity index is 2.80. The van der Waals surface area contributed by atoms with Crippen molar-refractivity contribution in [2.75, 3.05) is 19.5 Å². The summed E-state index contributed by atoms with van der Waals surface area (Å²) in [6, 6.07) is 5.70. The summed E-state index contributed by atoms with van der Waals surface area (Å²) in [7, 11) is 3.52. The van der Waals surface area contributed by atoms with Gasteiger partial charge in [-0.3, -0.25) is 20.4 Å². The summed E-state index contributed by atoms with van der Waals surface area (Å²) in [5.74, 6) is -0.843. The number of nitrogens with zero attached hydrogens (tertiary/aromatic N) is 1. The van der Waals surface area contributed by atoms with Gasteiger partial charge in [0.1, 0.15) is 12.1 Å². The minimum absolute atomic E-state index is 0.300. The molecule has 0 radical (unpaired) electrons. The first kappa shape index (κ1) is 16.4. The van der Waals surface area contributed by atoms with E-state index >= 15 is 0 Å². The highest BCUT2D eigenvalue weighted by Crippen LogP contribution is 2.08. The number of nitrogens with one attached hydrogen (secondary N) is 2. The number of hydrogen-bond acceptors (Lipinski definition) is 4. The van der Waals surface area contributed by atoms with Crippen molar-refractivity contribution in [1.82, 2.24) is 10.3 Å². The molecule has 0 aromatic heterocycles. The average Bonchev–Trinajstić information content (AvgIpc) is 2.43. The van der Waals surface area contributed by atoms with Gasteiger partial charge in [0.2, 0.25) is 0 Å². The molecule has 0 atom stereocenters. The molecule has 5 nitrogen and oxygen atoms in total. The lowest BCUT2D eigenvalue weighted by Crippen LogP contribution is -2.31. The molecule has 1 aromatic carbocycles. The van der Waals surface area contributed by atoms with Crippen molar-refractivity contribution < 1.29 is 14.0 Å². The van der Waals surface area contributed by atoms with Gasteiger partial charge >= 0.3 is 0 Å². The van der Waals surface area contributed by atoms with Crippen molar-refractivity contribution in [3.8, 4) is 0 Å². The van der Waals surface area contributed by atoms with E-state index in [9.17, 15) is 14.0 Å². The molecule has 112 valence electrons. The number of carbonyl (C=O) groups excluding carboxylic acids is 2. The van der Waals surface area contributed by atoms with Crippen molar-refractivity contribution >= 4 is 17.9 Å². The summed E-state index contributed by atoms with van der Waals surface area (Å²) in [6.07, 6.45) is 3.71. The van der Waals surface area contributed by atoms with Crippen molar-refractivity contribution in [3.63, 3.8) is 0 Å². The van der Waals surface area contributed by atoms with Crippen LogP contribution in [0.15, 0.2) is 47.7 Å². The van der Waals surface area contributed by atoms with Crippen LogP contribution in [0.25, 0.3) is 0 Å². The van der Waals surface area contributed by atoms with Crippen molar-refractivity contribution in [2.24, 2.45) is 0 Å². The quantitative estimate of drug-likeness (QED) is 0.363. The van der Waals surface area contributed by atoms with E-state index < -0.39 is 11.7 Å². The first-order valence-electron chi connectivity index (χ1n) is 6.26. The largest absolute Gasteiger partial charge is 0.383 e. The molecule has 1 amide bonds. The third-order valence-corrected chi connectivity index (χ3v) is 2.37. The SMILES string of the molecule is C/C(C=O)=C/C(=C\N(C)C)C(=O)NNc1cccc(F)c1. The van der Waals surface area contributed by atoms with Crippen LogP contribution < -0.4 is 10.9 Å². The van der Waals surface area contributed by atoms with Crippen molar-refractivity contribution in [1.29, 1.82) is 0 Å². The molecule has 0 heterocycles. The Labute approximate surface area is 123 Å². The normalized spacial score (nSPS) is 11.8. The molecule has 2 N–H and O–H groups in total. The molecule has 21 heavy (non-hydrogen) atoms. The van der Waals surface area contributed by atoms with Crippen LogP contribution in [0.5, 0.6) is 0 Å². The van der Waals surface area contributed by atoms with Crippen LogP contribution >= 0.6 is 0 Å². The number of halogens is 1. The van der Waals surface area contributed by atoms with Gasteiger partial charge in [-0.2, -0.15) is 0 Å². The fourth-order valence-electron chi connectivity index (χ4n) is 1.49.